The fraction of sp³-hybridized carbons (Fsp3) is 0. The van der Waals surface area contributed by atoms with Crippen molar-refractivity contribution in [2.75, 3.05) is 0 Å². The summed E-state index contributed by atoms with van der Waals surface area (Å²) in [5.74, 6) is 0.667. The Hall–Kier alpha value is -9.12. The average molecular weight is 867 g/mol. The highest BCUT2D eigenvalue weighted by Gasteiger charge is 2.20. The average Bonchev–Trinajstić information content (AvgIpc) is 3.94. The minimum absolute atomic E-state index is 0.667. The maximum atomic E-state index is 5.30. The number of hydrogen-bond donors (Lipinski definition) is 0. The molecule has 0 spiro atoms. The van der Waals surface area contributed by atoms with Gasteiger partial charge >= 0.3 is 0 Å². The zero-order valence-corrected chi connectivity index (χ0v) is 37.0. The second-order valence-electron chi connectivity index (χ2n) is 17.4. The minimum Gasteiger partial charge on any atom is -0.309 e. The summed E-state index contributed by atoms with van der Waals surface area (Å²) in [7, 11) is 0. The largest absolute Gasteiger partial charge is 0.309 e. The molecule has 0 aliphatic carbocycles. The summed E-state index contributed by atoms with van der Waals surface area (Å²) < 4.78 is 4.85. The predicted octanol–water partition coefficient (Wildman–Crippen LogP) is 16.7. The van der Waals surface area contributed by atoms with Gasteiger partial charge in [0.05, 0.1) is 39.1 Å². The molecule has 0 aliphatic rings. The maximum absolute atomic E-state index is 5.30. The molecule has 68 heavy (non-hydrogen) atoms. The fourth-order valence-electron chi connectivity index (χ4n) is 10.1. The Kier molecular flexibility index (Phi) is 9.47. The van der Waals surface area contributed by atoms with Gasteiger partial charge in [0.25, 0.3) is 0 Å². The molecule has 0 bridgehead atoms. The topological polar surface area (TPSA) is 35.6 Å². The molecule has 0 unspecified atom stereocenters. The van der Waals surface area contributed by atoms with Crippen molar-refractivity contribution < 1.29 is 0 Å². The Labute approximate surface area is 394 Å². The van der Waals surface area contributed by atoms with E-state index in [-0.39, 0.29) is 0 Å². The zero-order valence-electron chi connectivity index (χ0n) is 37.0. The van der Waals surface area contributed by atoms with Gasteiger partial charge in [0.1, 0.15) is 0 Å². The molecule has 3 aromatic heterocycles. The molecule has 10 aromatic carbocycles. The number of fused-ring (bicyclic) bond motifs is 6. The van der Waals surface area contributed by atoms with E-state index in [0.29, 0.717) is 5.82 Å². The zero-order chi connectivity index (χ0) is 45.0. The van der Waals surface area contributed by atoms with Gasteiger partial charge < -0.3 is 9.13 Å². The van der Waals surface area contributed by atoms with Gasteiger partial charge in [-0.3, -0.25) is 0 Å². The van der Waals surface area contributed by atoms with Crippen molar-refractivity contribution >= 4 is 43.6 Å². The van der Waals surface area contributed by atoms with Gasteiger partial charge in [-0.15, -0.1) is 0 Å². The Bertz CT molecular complexity index is 3940. The first-order valence-electron chi connectivity index (χ1n) is 23.1. The molecular formula is C64H42N4. The number of benzene rings is 10. The minimum atomic E-state index is 0.667. The molecule has 3 heterocycles. The SMILES string of the molecule is c1ccc(-c2ccc3c(c2)c2ccccc2n3-c2cccc(-c3cc(-c4nc(-c5ccccc5)cc(-c5ccccc5)n4)ccc3-n3c4ccccc4c4cc(-c5ccccc5)ccc43)c2)cc1. The molecule has 0 atom stereocenters. The van der Waals surface area contributed by atoms with Gasteiger partial charge in [0.2, 0.25) is 0 Å². The lowest BCUT2D eigenvalue weighted by Crippen LogP contribution is -2.01. The van der Waals surface area contributed by atoms with Crippen molar-refractivity contribution in [3.63, 3.8) is 0 Å². The Morgan fingerprint density at radius 1 is 0.250 bits per heavy atom. The third kappa shape index (κ3) is 6.78. The molecule has 4 heteroatoms. The molecule has 0 N–H and O–H groups in total. The van der Waals surface area contributed by atoms with Crippen LogP contribution in [0.1, 0.15) is 0 Å². The van der Waals surface area contributed by atoms with Gasteiger partial charge in [-0.05, 0) is 101 Å². The molecule has 0 saturated carbocycles. The van der Waals surface area contributed by atoms with Crippen LogP contribution >= 0.6 is 0 Å². The smallest absolute Gasteiger partial charge is 0.160 e. The summed E-state index contributed by atoms with van der Waals surface area (Å²) in [6.45, 7) is 0. The second kappa shape index (κ2) is 16.4. The third-order valence-corrected chi connectivity index (χ3v) is 13.3. The number of hydrogen-bond acceptors (Lipinski definition) is 2. The first kappa shape index (κ1) is 39.3. The molecule has 13 aromatic rings. The quantitative estimate of drug-likeness (QED) is 0.153. The van der Waals surface area contributed by atoms with Gasteiger partial charge in [-0.1, -0.05) is 182 Å². The number of rotatable bonds is 8. The van der Waals surface area contributed by atoms with Crippen molar-refractivity contribution in [3.05, 3.63) is 255 Å². The van der Waals surface area contributed by atoms with E-state index in [1.807, 2.05) is 12.1 Å². The van der Waals surface area contributed by atoms with E-state index in [2.05, 4.69) is 252 Å². The lowest BCUT2D eigenvalue weighted by molar-refractivity contribution is 1.16. The van der Waals surface area contributed by atoms with Crippen LogP contribution in [0.5, 0.6) is 0 Å². The molecule has 0 radical (unpaired) electrons. The number of para-hydroxylation sites is 2. The van der Waals surface area contributed by atoms with Gasteiger partial charge in [0, 0.05) is 49.5 Å². The van der Waals surface area contributed by atoms with E-state index in [1.165, 1.54) is 43.8 Å². The molecule has 0 aliphatic heterocycles. The summed E-state index contributed by atoms with van der Waals surface area (Å²) in [6.07, 6.45) is 0. The van der Waals surface area contributed by atoms with Crippen LogP contribution in [0.15, 0.2) is 255 Å². The lowest BCUT2D eigenvalue weighted by atomic mass is 9.98. The van der Waals surface area contributed by atoms with E-state index in [1.54, 1.807) is 0 Å². The highest BCUT2D eigenvalue weighted by Crippen LogP contribution is 2.42. The summed E-state index contributed by atoms with van der Waals surface area (Å²) in [6, 6.07) is 91.2. The van der Waals surface area contributed by atoms with Gasteiger partial charge in [-0.25, -0.2) is 9.97 Å². The maximum Gasteiger partial charge on any atom is 0.160 e. The normalized spacial score (nSPS) is 11.5. The summed E-state index contributed by atoms with van der Waals surface area (Å²) in [4.78, 5) is 10.6. The van der Waals surface area contributed by atoms with Crippen LogP contribution in [-0.2, 0) is 0 Å². The van der Waals surface area contributed by atoms with E-state index in [9.17, 15) is 0 Å². The van der Waals surface area contributed by atoms with Gasteiger partial charge in [-0.2, -0.15) is 0 Å². The predicted molar refractivity (Wildman–Crippen MR) is 283 cm³/mol. The first-order chi connectivity index (χ1) is 33.7. The summed E-state index contributed by atoms with van der Waals surface area (Å²) in [5, 5.41) is 4.85. The first-order valence-corrected chi connectivity index (χ1v) is 23.1. The summed E-state index contributed by atoms with van der Waals surface area (Å²) >= 11 is 0. The third-order valence-electron chi connectivity index (χ3n) is 13.3. The van der Waals surface area contributed by atoms with Crippen molar-refractivity contribution in [1.29, 1.82) is 0 Å². The lowest BCUT2D eigenvalue weighted by Gasteiger charge is -2.17. The molecule has 0 saturated heterocycles. The van der Waals surface area contributed by atoms with Crippen LogP contribution < -0.4 is 0 Å². The second-order valence-corrected chi connectivity index (χ2v) is 17.4. The Morgan fingerprint density at radius 2 is 0.691 bits per heavy atom. The standard InChI is InChI=1S/C64H42N4/c1-5-18-43(19-6-1)47-32-35-62-55(39-47)52-28-13-15-30-59(52)67(62)51-27-17-26-49(38-51)54-41-50(64-65-57(45-22-9-3-10-23-45)42-58(66-64)46-24-11-4-12-25-46)34-37-61(54)68-60-31-16-14-29-53(60)56-40-48(33-36-63(56)68)44-20-7-2-8-21-44/h1-42H. The Morgan fingerprint density at radius 3 is 1.25 bits per heavy atom. The number of nitrogens with zero attached hydrogens (tertiary/aromatic N) is 4. The van der Waals surface area contributed by atoms with Crippen LogP contribution in [-0.4, -0.2) is 19.1 Å². The summed E-state index contributed by atoms with van der Waals surface area (Å²) in [5.41, 5.74) is 18.5. The van der Waals surface area contributed by atoms with E-state index < -0.39 is 0 Å². The highest BCUT2D eigenvalue weighted by atomic mass is 15.0. The van der Waals surface area contributed by atoms with Crippen LogP contribution in [0.4, 0.5) is 0 Å². The highest BCUT2D eigenvalue weighted by molar-refractivity contribution is 6.12. The van der Waals surface area contributed by atoms with E-state index in [0.717, 1.165) is 72.6 Å². The van der Waals surface area contributed by atoms with Crippen LogP contribution in [0, 0.1) is 0 Å². The van der Waals surface area contributed by atoms with Crippen molar-refractivity contribution in [2.45, 2.75) is 0 Å². The van der Waals surface area contributed by atoms with E-state index >= 15 is 0 Å². The van der Waals surface area contributed by atoms with Gasteiger partial charge in [0.15, 0.2) is 5.82 Å². The fourth-order valence-corrected chi connectivity index (χ4v) is 10.1. The van der Waals surface area contributed by atoms with Crippen LogP contribution in [0.25, 0.3) is 122 Å². The monoisotopic (exact) mass is 866 g/mol. The van der Waals surface area contributed by atoms with Crippen molar-refractivity contribution in [1.82, 2.24) is 19.1 Å². The molecule has 0 fully saturated rings. The molecular weight excluding hydrogens is 825 g/mol. The number of aromatic nitrogens is 4. The van der Waals surface area contributed by atoms with E-state index in [4.69, 9.17) is 9.97 Å². The Balaban J connectivity index is 1.05. The van der Waals surface area contributed by atoms with Crippen molar-refractivity contribution in [3.8, 4) is 78.7 Å². The molecule has 318 valence electrons. The van der Waals surface area contributed by atoms with Crippen LogP contribution in [0.2, 0.25) is 0 Å². The van der Waals surface area contributed by atoms with Crippen molar-refractivity contribution in [2.24, 2.45) is 0 Å². The molecule has 0 amide bonds. The molecule has 4 nitrogen and oxygen atoms in total. The van der Waals surface area contributed by atoms with Crippen LogP contribution in [0.3, 0.4) is 0 Å². The molecule has 13 rings (SSSR count).